The number of hydrogen-bond donors (Lipinski definition) is 0. The van der Waals surface area contributed by atoms with E-state index in [9.17, 15) is 0 Å². The van der Waals surface area contributed by atoms with Gasteiger partial charge in [-0.05, 0) is 30.4 Å². The third kappa shape index (κ3) is 2.11. The van der Waals surface area contributed by atoms with Crippen LogP contribution in [0.5, 0.6) is 0 Å². The van der Waals surface area contributed by atoms with E-state index in [1.807, 2.05) is 29.8 Å². The molecular formula is C15H18N4S. The highest BCUT2D eigenvalue weighted by Crippen LogP contribution is 2.34. The number of likely N-dealkylation sites (tertiary alicyclic amines) is 1. The van der Waals surface area contributed by atoms with Crippen molar-refractivity contribution in [3.8, 4) is 0 Å². The minimum atomic E-state index is 0.595. The van der Waals surface area contributed by atoms with Crippen molar-refractivity contribution in [3.05, 3.63) is 40.8 Å². The summed E-state index contributed by atoms with van der Waals surface area (Å²) in [7, 11) is 0. The average molecular weight is 286 g/mol. The maximum atomic E-state index is 4.42. The second kappa shape index (κ2) is 5.14. The number of hydrogen-bond acceptors (Lipinski definition) is 5. The Labute approximate surface area is 123 Å². The van der Waals surface area contributed by atoms with Crippen LogP contribution in [0.15, 0.2) is 36.0 Å². The van der Waals surface area contributed by atoms with Crippen molar-refractivity contribution in [2.24, 2.45) is 0 Å². The lowest BCUT2D eigenvalue weighted by molar-refractivity contribution is 0.248. The quantitative estimate of drug-likeness (QED) is 0.867. The van der Waals surface area contributed by atoms with Gasteiger partial charge in [0.1, 0.15) is 0 Å². The van der Waals surface area contributed by atoms with Gasteiger partial charge >= 0.3 is 0 Å². The van der Waals surface area contributed by atoms with Gasteiger partial charge in [-0.15, -0.1) is 11.3 Å². The third-order valence-electron chi connectivity index (χ3n) is 4.44. The fourth-order valence-electron chi connectivity index (χ4n) is 3.56. The highest BCUT2D eigenvalue weighted by atomic mass is 32.1. The minimum Gasteiger partial charge on any atom is -0.336 e. The van der Waals surface area contributed by atoms with Crippen LogP contribution in [-0.4, -0.2) is 40.0 Å². The molecule has 0 radical (unpaired) electrons. The Balaban J connectivity index is 1.50. The summed E-state index contributed by atoms with van der Waals surface area (Å²) in [5.41, 5.74) is 0. The zero-order chi connectivity index (χ0) is 13.4. The number of nitrogens with zero attached hydrogens (tertiary/aromatic N) is 4. The predicted octanol–water partition coefficient (Wildman–Crippen LogP) is 2.39. The second-order valence-corrected chi connectivity index (χ2v) is 6.54. The first-order valence-corrected chi connectivity index (χ1v) is 8.10. The molecule has 0 aromatic carbocycles. The van der Waals surface area contributed by atoms with Crippen LogP contribution in [0.4, 0.5) is 5.95 Å². The lowest BCUT2D eigenvalue weighted by atomic mass is 10.1. The zero-order valence-corrected chi connectivity index (χ0v) is 12.2. The van der Waals surface area contributed by atoms with Crippen LogP contribution in [0.2, 0.25) is 0 Å². The van der Waals surface area contributed by atoms with Gasteiger partial charge in [-0.3, -0.25) is 4.90 Å². The minimum absolute atomic E-state index is 0.595. The number of fused-ring (bicyclic) bond motifs is 1. The molecule has 104 valence electrons. The van der Waals surface area contributed by atoms with Gasteiger partial charge in [0.25, 0.3) is 0 Å². The van der Waals surface area contributed by atoms with Crippen molar-refractivity contribution in [1.29, 1.82) is 0 Å². The van der Waals surface area contributed by atoms with Crippen molar-refractivity contribution >= 4 is 17.3 Å². The van der Waals surface area contributed by atoms with Crippen molar-refractivity contribution < 1.29 is 0 Å². The monoisotopic (exact) mass is 286 g/mol. The van der Waals surface area contributed by atoms with Gasteiger partial charge in [0, 0.05) is 49.0 Å². The first-order chi connectivity index (χ1) is 9.92. The SMILES string of the molecule is c1cnc(N2CC[C@@H]3[C@@H]2CCN3Cc2cccs2)nc1. The molecule has 0 aliphatic carbocycles. The van der Waals surface area contributed by atoms with E-state index in [-0.39, 0.29) is 0 Å². The van der Waals surface area contributed by atoms with Crippen LogP contribution in [0.1, 0.15) is 17.7 Å². The van der Waals surface area contributed by atoms with Crippen molar-refractivity contribution in [2.75, 3.05) is 18.0 Å². The fraction of sp³-hybridized carbons (Fsp3) is 0.467. The van der Waals surface area contributed by atoms with Crippen molar-refractivity contribution in [1.82, 2.24) is 14.9 Å². The molecule has 2 fully saturated rings. The largest absolute Gasteiger partial charge is 0.336 e. The van der Waals surface area contributed by atoms with Gasteiger partial charge in [0.15, 0.2) is 0 Å². The van der Waals surface area contributed by atoms with Gasteiger partial charge in [0.2, 0.25) is 5.95 Å². The zero-order valence-electron chi connectivity index (χ0n) is 11.4. The highest BCUT2D eigenvalue weighted by Gasteiger charge is 2.43. The molecule has 20 heavy (non-hydrogen) atoms. The van der Waals surface area contributed by atoms with E-state index in [4.69, 9.17) is 0 Å². The molecule has 2 atom stereocenters. The molecule has 5 heteroatoms. The molecule has 2 aromatic rings. The molecule has 2 aliphatic heterocycles. The molecule has 4 nitrogen and oxygen atoms in total. The van der Waals surface area contributed by atoms with Crippen LogP contribution in [0.25, 0.3) is 0 Å². The predicted molar refractivity (Wildman–Crippen MR) is 80.9 cm³/mol. The summed E-state index contributed by atoms with van der Waals surface area (Å²) in [5.74, 6) is 0.901. The van der Waals surface area contributed by atoms with E-state index in [1.165, 1.54) is 24.3 Å². The van der Waals surface area contributed by atoms with E-state index >= 15 is 0 Å². The summed E-state index contributed by atoms with van der Waals surface area (Å²) < 4.78 is 0. The van der Waals surface area contributed by atoms with E-state index in [0.717, 1.165) is 19.0 Å². The van der Waals surface area contributed by atoms with Gasteiger partial charge in [-0.2, -0.15) is 0 Å². The lowest BCUT2D eigenvalue weighted by Gasteiger charge is -2.25. The molecule has 0 spiro atoms. The molecule has 4 heterocycles. The Bertz CT molecular complexity index is 557. The van der Waals surface area contributed by atoms with Crippen molar-refractivity contribution in [2.45, 2.75) is 31.5 Å². The smallest absolute Gasteiger partial charge is 0.225 e. The molecule has 0 amide bonds. The molecule has 2 aromatic heterocycles. The molecule has 0 bridgehead atoms. The summed E-state index contributed by atoms with van der Waals surface area (Å²) in [5, 5.41) is 2.17. The van der Waals surface area contributed by atoms with Gasteiger partial charge in [-0.25, -0.2) is 9.97 Å². The second-order valence-electron chi connectivity index (χ2n) is 5.50. The Morgan fingerprint density at radius 1 is 1.10 bits per heavy atom. The standard InChI is InChI=1S/C15H18N4S/c1-3-12(20-10-1)11-18-8-4-14-13(18)5-9-19(14)15-16-6-2-7-17-15/h1-3,6-7,10,13-14H,4-5,8-9,11H2/t13-,14+/m1/s1. The summed E-state index contributed by atoms with van der Waals surface area (Å²) in [6.45, 7) is 3.37. The first kappa shape index (κ1) is 12.3. The molecule has 2 saturated heterocycles. The maximum Gasteiger partial charge on any atom is 0.225 e. The maximum absolute atomic E-state index is 4.42. The number of rotatable bonds is 3. The molecular weight excluding hydrogens is 268 g/mol. The Hall–Kier alpha value is -1.46. The molecule has 0 unspecified atom stereocenters. The van der Waals surface area contributed by atoms with Crippen molar-refractivity contribution in [3.63, 3.8) is 0 Å². The Kier molecular flexibility index (Phi) is 3.16. The Morgan fingerprint density at radius 3 is 2.75 bits per heavy atom. The summed E-state index contributed by atoms with van der Waals surface area (Å²) in [6, 6.07) is 7.53. The van der Waals surface area contributed by atoms with Crippen LogP contribution >= 0.6 is 11.3 Å². The van der Waals surface area contributed by atoms with E-state index in [0.29, 0.717) is 12.1 Å². The third-order valence-corrected chi connectivity index (χ3v) is 5.30. The molecule has 4 rings (SSSR count). The number of aromatic nitrogens is 2. The van der Waals surface area contributed by atoms with E-state index in [2.05, 4.69) is 37.3 Å². The number of anilines is 1. The fourth-order valence-corrected chi connectivity index (χ4v) is 4.29. The van der Waals surface area contributed by atoms with Crippen LogP contribution < -0.4 is 4.90 Å². The van der Waals surface area contributed by atoms with Gasteiger partial charge in [-0.1, -0.05) is 6.07 Å². The highest BCUT2D eigenvalue weighted by molar-refractivity contribution is 7.09. The molecule has 0 saturated carbocycles. The number of thiophene rings is 1. The van der Waals surface area contributed by atoms with Crippen LogP contribution in [0, 0.1) is 0 Å². The Morgan fingerprint density at radius 2 is 1.95 bits per heavy atom. The topological polar surface area (TPSA) is 32.3 Å². The van der Waals surface area contributed by atoms with E-state index < -0.39 is 0 Å². The lowest BCUT2D eigenvalue weighted by Crippen LogP contribution is -2.36. The summed E-state index contributed by atoms with van der Waals surface area (Å²) >= 11 is 1.86. The van der Waals surface area contributed by atoms with Gasteiger partial charge in [0.05, 0.1) is 0 Å². The summed E-state index contributed by atoms with van der Waals surface area (Å²) in [6.07, 6.45) is 6.14. The molecule has 0 N–H and O–H groups in total. The normalized spacial score (nSPS) is 26.1. The van der Waals surface area contributed by atoms with Crippen LogP contribution in [-0.2, 0) is 6.54 Å². The first-order valence-electron chi connectivity index (χ1n) is 7.22. The van der Waals surface area contributed by atoms with E-state index in [1.54, 1.807) is 0 Å². The average Bonchev–Trinajstić information content (AvgIpc) is 3.19. The van der Waals surface area contributed by atoms with Crippen LogP contribution in [0.3, 0.4) is 0 Å². The summed E-state index contributed by atoms with van der Waals surface area (Å²) in [4.78, 5) is 15.4. The van der Waals surface area contributed by atoms with Gasteiger partial charge < -0.3 is 4.90 Å². The molecule has 2 aliphatic rings.